The van der Waals surface area contributed by atoms with Crippen molar-refractivity contribution in [1.82, 2.24) is 4.98 Å². The van der Waals surface area contributed by atoms with E-state index in [-0.39, 0.29) is 17.3 Å². The number of hydrogen-bond donors (Lipinski definition) is 1. The first-order valence-electron chi connectivity index (χ1n) is 4.41. The highest BCUT2D eigenvalue weighted by Crippen LogP contribution is 2.33. The van der Waals surface area contributed by atoms with Crippen LogP contribution < -0.4 is 9.47 Å². The van der Waals surface area contributed by atoms with Gasteiger partial charge in [-0.25, -0.2) is 9.78 Å². The lowest BCUT2D eigenvalue weighted by Gasteiger charge is -2.14. The largest absolute Gasteiger partial charge is 0.573 e. The number of alkyl halides is 4. The van der Waals surface area contributed by atoms with Gasteiger partial charge in [-0.1, -0.05) is 0 Å². The Bertz CT molecular complexity index is 464. The number of nitrogens with zero attached hydrogens (tertiary/aromatic N) is 1. The van der Waals surface area contributed by atoms with Gasteiger partial charge in [-0.15, -0.1) is 24.8 Å². The monoisotopic (exact) mass is 285 g/mol. The highest BCUT2D eigenvalue weighted by Gasteiger charge is 2.33. The summed E-state index contributed by atoms with van der Waals surface area (Å²) in [4.78, 5) is 14.2. The zero-order valence-corrected chi connectivity index (χ0v) is 9.67. The lowest BCUT2D eigenvalue weighted by Crippen LogP contribution is -2.19. The number of pyridine rings is 1. The second-order valence-electron chi connectivity index (χ2n) is 2.98. The quantitative estimate of drug-likeness (QED) is 0.861. The fourth-order valence-electron chi connectivity index (χ4n) is 1.14. The van der Waals surface area contributed by atoms with Crippen LogP contribution in [-0.2, 0) is 5.88 Å². The van der Waals surface area contributed by atoms with Crippen LogP contribution in [0, 0.1) is 0 Å². The summed E-state index contributed by atoms with van der Waals surface area (Å²) >= 11 is 5.46. The third kappa shape index (κ3) is 3.39. The van der Waals surface area contributed by atoms with Crippen LogP contribution in [-0.4, -0.2) is 29.5 Å². The maximum absolute atomic E-state index is 12.2. The lowest BCUT2D eigenvalue weighted by atomic mass is 10.2. The van der Waals surface area contributed by atoms with E-state index < -0.39 is 23.8 Å². The summed E-state index contributed by atoms with van der Waals surface area (Å²) < 4.78 is 44.8. The van der Waals surface area contributed by atoms with E-state index >= 15 is 0 Å². The molecule has 0 aliphatic carbocycles. The van der Waals surface area contributed by atoms with Gasteiger partial charge in [0.15, 0.2) is 5.69 Å². The van der Waals surface area contributed by atoms with Gasteiger partial charge in [0.25, 0.3) is 0 Å². The third-order valence-corrected chi connectivity index (χ3v) is 2.08. The molecule has 0 radical (unpaired) electrons. The van der Waals surface area contributed by atoms with Crippen molar-refractivity contribution < 1.29 is 32.5 Å². The topological polar surface area (TPSA) is 68.7 Å². The molecule has 0 spiro atoms. The molecular weight excluding hydrogens is 279 g/mol. The highest BCUT2D eigenvalue weighted by atomic mass is 35.5. The predicted molar refractivity (Wildman–Crippen MR) is 54.0 cm³/mol. The van der Waals surface area contributed by atoms with Crippen LogP contribution in [0.15, 0.2) is 6.07 Å². The molecule has 0 amide bonds. The number of aromatic nitrogens is 1. The second-order valence-corrected chi connectivity index (χ2v) is 3.25. The molecule has 0 saturated carbocycles. The van der Waals surface area contributed by atoms with Gasteiger partial charge in [-0.05, 0) is 0 Å². The maximum atomic E-state index is 12.2. The van der Waals surface area contributed by atoms with E-state index in [4.69, 9.17) is 16.7 Å². The van der Waals surface area contributed by atoms with Gasteiger partial charge in [0.05, 0.1) is 18.6 Å². The fraction of sp³-hybridized carbons (Fsp3) is 0.333. The Morgan fingerprint density at radius 1 is 1.56 bits per heavy atom. The van der Waals surface area contributed by atoms with Crippen molar-refractivity contribution in [2.75, 3.05) is 7.11 Å². The number of carboxylic acids is 1. The van der Waals surface area contributed by atoms with Crippen LogP contribution in [0.1, 0.15) is 16.1 Å². The lowest BCUT2D eigenvalue weighted by molar-refractivity contribution is -0.274. The van der Waals surface area contributed by atoms with E-state index in [1.54, 1.807) is 0 Å². The van der Waals surface area contributed by atoms with Crippen LogP contribution >= 0.6 is 11.6 Å². The molecule has 0 aromatic carbocycles. The van der Waals surface area contributed by atoms with Crippen LogP contribution in [0.25, 0.3) is 0 Å². The molecule has 9 heteroatoms. The number of carboxylic acid groups (broad SMARTS) is 1. The SMILES string of the molecule is COc1nc(C(=O)O)cc(OC(F)(F)F)c1CCl. The molecule has 0 aliphatic heterocycles. The Kier molecular flexibility index (Phi) is 4.23. The number of methoxy groups -OCH3 is 1. The molecule has 0 unspecified atom stereocenters. The number of aromatic carboxylic acids is 1. The molecule has 0 fully saturated rings. The molecular formula is C9H7ClF3NO4. The number of carbonyl (C=O) groups is 1. The van der Waals surface area contributed by atoms with Crippen molar-refractivity contribution >= 4 is 17.6 Å². The summed E-state index contributed by atoms with van der Waals surface area (Å²) in [5.41, 5.74) is -0.818. The minimum Gasteiger partial charge on any atom is -0.481 e. The smallest absolute Gasteiger partial charge is 0.481 e. The summed E-state index contributed by atoms with van der Waals surface area (Å²) in [5.74, 6) is -2.96. The van der Waals surface area contributed by atoms with Gasteiger partial charge < -0.3 is 14.6 Å². The van der Waals surface area contributed by atoms with Crippen LogP contribution in [0.2, 0.25) is 0 Å². The van der Waals surface area contributed by atoms with E-state index in [9.17, 15) is 18.0 Å². The van der Waals surface area contributed by atoms with E-state index in [0.717, 1.165) is 7.11 Å². The highest BCUT2D eigenvalue weighted by molar-refractivity contribution is 6.17. The van der Waals surface area contributed by atoms with Crippen molar-refractivity contribution in [1.29, 1.82) is 0 Å². The van der Waals surface area contributed by atoms with Crippen molar-refractivity contribution in [2.24, 2.45) is 0 Å². The van der Waals surface area contributed by atoms with Crippen molar-refractivity contribution in [2.45, 2.75) is 12.2 Å². The molecule has 1 aromatic rings. The van der Waals surface area contributed by atoms with Crippen molar-refractivity contribution in [3.05, 3.63) is 17.3 Å². The van der Waals surface area contributed by atoms with E-state index in [0.29, 0.717) is 6.07 Å². The Hall–Kier alpha value is -1.70. The number of ether oxygens (including phenoxy) is 2. The number of rotatable bonds is 4. The van der Waals surface area contributed by atoms with Crippen LogP contribution in [0.4, 0.5) is 13.2 Å². The summed E-state index contributed by atoms with van der Waals surface area (Å²) in [5, 5.41) is 8.70. The molecule has 1 heterocycles. The van der Waals surface area contributed by atoms with Gasteiger partial charge in [-0.2, -0.15) is 0 Å². The standard InChI is InChI=1S/C9H7ClF3NO4/c1-17-7-4(3-10)6(18-9(11,12)13)2-5(14-7)8(15)16/h2H,3H2,1H3,(H,15,16). The molecule has 0 aliphatic rings. The summed E-state index contributed by atoms with van der Waals surface area (Å²) in [7, 11) is 1.13. The fourth-order valence-corrected chi connectivity index (χ4v) is 1.39. The molecule has 0 saturated heterocycles. The molecule has 100 valence electrons. The second kappa shape index (κ2) is 5.30. The normalized spacial score (nSPS) is 11.2. The zero-order chi connectivity index (χ0) is 13.9. The molecule has 18 heavy (non-hydrogen) atoms. The molecule has 0 atom stereocenters. The summed E-state index contributed by atoms with van der Waals surface area (Å²) in [6.45, 7) is 0. The molecule has 1 N–H and O–H groups in total. The van der Waals surface area contributed by atoms with Crippen LogP contribution in [0.3, 0.4) is 0 Å². The van der Waals surface area contributed by atoms with Gasteiger partial charge in [0.1, 0.15) is 5.75 Å². The maximum Gasteiger partial charge on any atom is 0.573 e. The van der Waals surface area contributed by atoms with Gasteiger partial charge in [-0.3, -0.25) is 0 Å². The average Bonchev–Trinajstić information content (AvgIpc) is 2.25. The van der Waals surface area contributed by atoms with Crippen molar-refractivity contribution in [3.8, 4) is 11.6 Å². The first-order chi connectivity index (χ1) is 8.28. The molecule has 0 bridgehead atoms. The Labute approximate surface area is 104 Å². The predicted octanol–water partition coefficient (Wildman–Crippen LogP) is 2.43. The Balaban J connectivity index is 3.35. The van der Waals surface area contributed by atoms with Gasteiger partial charge >= 0.3 is 12.3 Å². The number of hydrogen-bond acceptors (Lipinski definition) is 4. The van der Waals surface area contributed by atoms with E-state index in [1.807, 2.05) is 0 Å². The first-order valence-corrected chi connectivity index (χ1v) is 4.95. The molecule has 1 rings (SSSR count). The molecule has 5 nitrogen and oxygen atoms in total. The van der Waals surface area contributed by atoms with Crippen molar-refractivity contribution in [3.63, 3.8) is 0 Å². The van der Waals surface area contributed by atoms with E-state index in [1.165, 1.54) is 0 Å². The molecule has 1 aromatic heterocycles. The van der Waals surface area contributed by atoms with Gasteiger partial charge in [0, 0.05) is 6.07 Å². The third-order valence-electron chi connectivity index (χ3n) is 1.82. The minimum absolute atomic E-state index is 0.179. The average molecular weight is 286 g/mol. The van der Waals surface area contributed by atoms with Gasteiger partial charge in [0.2, 0.25) is 5.88 Å². The zero-order valence-electron chi connectivity index (χ0n) is 8.92. The van der Waals surface area contributed by atoms with Crippen LogP contribution in [0.5, 0.6) is 11.6 Å². The Morgan fingerprint density at radius 2 is 2.17 bits per heavy atom. The summed E-state index contributed by atoms with van der Waals surface area (Å²) in [6, 6.07) is 0.635. The van der Waals surface area contributed by atoms with E-state index in [2.05, 4.69) is 14.5 Å². The Morgan fingerprint density at radius 3 is 2.56 bits per heavy atom. The summed E-state index contributed by atoms with van der Waals surface area (Å²) in [6.07, 6.45) is -4.97. The minimum atomic E-state index is -4.97. The first kappa shape index (κ1) is 14.4. The number of halogens is 4.